The van der Waals surface area contributed by atoms with Gasteiger partial charge in [-0.25, -0.2) is 9.97 Å². The highest BCUT2D eigenvalue weighted by Crippen LogP contribution is 2.32. The van der Waals surface area contributed by atoms with Crippen molar-refractivity contribution in [3.8, 4) is 0 Å². The number of aromatic nitrogens is 2. The Morgan fingerprint density at radius 2 is 1.88 bits per heavy atom. The van der Waals surface area contributed by atoms with Crippen molar-refractivity contribution in [2.45, 2.75) is 44.0 Å². The van der Waals surface area contributed by atoms with Gasteiger partial charge < -0.3 is 9.80 Å². The van der Waals surface area contributed by atoms with E-state index in [1.165, 1.54) is 30.6 Å². The fourth-order valence-electron chi connectivity index (χ4n) is 3.72. The first kappa shape index (κ1) is 18.0. The second kappa shape index (κ2) is 8.50. The highest BCUT2D eigenvalue weighted by atomic mass is 32.2. The van der Waals surface area contributed by atoms with Crippen molar-refractivity contribution in [3.63, 3.8) is 0 Å². The summed E-state index contributed by atoms with van der Waals surface area (Å²) in [7, 11) is 4.42. The van der Waals surface area contributed by atoms with Gasteiger partial charge in [0.1, 0.15) is 0 Å². The quantitative estimate of drug-likeness (QED) is 0.784. The van der Waals surface area contributed by atoms with E-state index in [0.717, 1.165) is 43.9 Å². The molecule has 2 fully saturated rings. The molecule has 2 aliphatic rings. The van der Waals surface area contributed by atoms with E-state index in [-0.39, 0.29) is 0 Å². The zero-order chi connectivity index (χ0) is 16.9. The van der Waals surface area contributed by atoms with Crippen molar-refractivity contribution in [2.75, 3.05) is 50.9 Å². The molecule has 0 spiro atoms. The summed E-state index contributed by atoms with van der Waals surface area (Å²) in [5.41, 5.74) is 1.22. The molecule has 134 valence electrons. The number of hydrogen-bond donors (Lipinski definition) is 0. The molecule has 2 unspecified atom stereocenters. The minimum Gasteiger partial charge on any atom is -0.338 e. The van der Waals surface area contributed by atoms with E-state index in [1.54, 1.807) is 0 Å². The molecule has 1 saturated heterocycles. The van der Waals surface area contributed by atoms with E-state index in [1.807, 2.05) is 12.4 Å². The summed E-state index contributed by atoms with van der Waals surface area (Å²) in [6.07, 6.45) is 8.06. The molecule has 0 radical (unpaired) electrons. The van der Waals surface area contributed by atoms with Crippen molar-refractivity contribution in [3.05, 3.63) is 18.0 Å². The summed E-state index contributed by atoms with van der Waals surface area (Å²) in [6, 6.07) is 0.714. The van der Waals surface area contributed by atoms with E-state index >= 15 is 0 Å². The summed E-state index contributed by atoms with van der Waals surface area (Å²) < 4.78 is 0. The van der Waals surface area contributed by atoms with Crippen molar-refractivity contribution in [1.29, 1.82) is 0 Å². The van der Waals surface area contributed by atoms with E-state index in [0.29, 0.717) is 6.04 Å². The fourth-order valence-corrected chi connectivity index (χ4v) is 4.85. The van der Waals surface area contributed by atoms with Gasteiger partial charge in [0, 0.05) is 62.0 Å². The van der Waals surface area contributed by atoms with Gasteiger partial charge in [0.15, 0.2) is 0 Å². The lowest BCUT2D eigenvalue weighted by atomic mass is 10.2. The van der Waals surface area contributed by atoms with Crippen LogP contribution in [0.3, 0.4) is 0 Å². The van der Waals surface area contributed by atoms with Crippen molar-refractivity contribution < 1.29 is 0 Å². The Morgan fingerprint density at radius 1 is 1.17 bits per heavy atom. The molecule has 5 nitrogen and oxygen atoms in total. The largest absolute Gasteiger partial charge is 0.338 e. The Balaban J connectivity index is 1.51. The van der Waals surface area contributed by atoms with Crippen LogP contribution in [0.2, 0.25) is 0 Å². The normalized spacial score (nSPS) is 25.6. The molecule has 2 heterocycles. The lowest BCUT2D eigenvalue weighted by molar-refractivity contribution is 0.237. The van der Waals surface area contributed by atoms with E-state index in [2.05, 4.69) is 57.4 Å². The Hall–Kier alpha value is -0.850. The monoisotopic (exact) mass is 349 g/mol. The minimum atomic E-state index is 0.714. The van der Waals surface area contributed by atoms with Crippen molar-refractivity contribution >= 4 is 17.7 Å². The molecule has 24 heavy (non-hydrogen) atoms. The fraction of sp³-hybridized carbons (Fsp3) is 0.778. The number of piperazine rings is 1. The third kappa shape index (κ3) is 4.61. The number of anilines is 1. The van der Waals surface area contributed by atoms with Gasteiger partial charge in [0.05, 0.1) is 0 Å². The summed E-state index contributed by atoms with van der Waals surface area (Å²) in [4.78, 5) is 16.4. The molecule has 1 aromatic rings. The van der Waals surface area contributed by atoms with Crippen LogP contribution in [0.5, 0.6) is 0 Å². The maximum absolute atomic E-state index is 4.62. The first-order chi connectivity index (χ1) is 11.7. The van der Waals surface area contributed by atoms with Gasteiger partial charge in [-0.1, -0.05) is 6.92 Å². The molecule has 0 N–H and O–H groups in total. The highest BCUT2D eigenvalue weighted by molar-refractivity contribution is 7.99. The lowest BCUT2D eigenvalue weighted by Gasteiger charge is -2.32. The summed E-state index contributed by atoms with van der Waals surface area (Å²) in [6.45, 7) is 7.44. The highest BCUT2D eigenvalue weighted by Gasteiger charge is 2.27. The number of rotatable bonds is 6. The predicted molar refractivity (Wildman–Crippen MR) is 103 cm³/mol. The Kier molecular flexibility index (Phi) is 6.36. The molecule has 0 amide bonds. The van der Waals surface area contributed by atoms with Crippen LogP contribution in [-0.2, 0) is 6.54 Å². The smallest absolute Gasteiger partial charge is 0.225 e. The van der Waals surface area contributed by atoms with Crippen LogP contribution >= 0.6 is 11.8 Å². The van der Waals surface area contributed by atoms with E-state index < -0.39 is 0 Å². The van der Waals surface area contributed by atoms with Crippen LogP contribution in [0, 0.1) is 0 Å². The first-order valence-electron chi connectivity index (χ1n) is 9.22. The Bertz CT molecular complexity index is 501. The third-order valence-corrected chi connectivity index (χ3v) is 6.53. The average Bonchev–Trinajstić information content (AvgIpc) is 3.06. The van der Waals surface area contributed by atoms with Crippen molar-refractivity contribution in [2.24, 2.45) is 0 Å². The topological polar surface area (TPSA) is 35.5 Å². The van der Waals surface area contributed by atoms with E-state index in [9.17, 15) is 0 Å². The molecular formula is C18H31N5S. The lowest BCUT2D eigenvalue weighted by Crippen LogP contribution is -2.45. The molecule has 1 saturated carbocycles. The zero-order valence-corrected chi connectivity index (χ0v) is 16.1. The van der Waals surface area contributed by atoms with Crippen LogP contribution in [0.1, 0.15) is 31.7 Å². The molecule has 3 rings (SSSR count). The maximum atomic E-state index is 4.62. The maximum Gasteiger partial charge on any atom is 0.225 e. The van der Waals surface area contributed by atoms with Crippen LogP contribution in [0.15, 0.2) is 12.4 Å². The molecule has 0 bridgehead atoms. The van der Waals surface area contributed by atoms with Gasteiger partial charge in [0.25, 0.3) is 0 Å². The third-order valence-electron chi connectivity index (χ3n) is 5.29. The predicted octanol–water partition coefficient (Wildman–Crippen LogP) is 2.33. The Labute approximate surface area is 150 Å². The van der Waals surface area contributed by atoms with Crippen LogP contribution in [0.25, 0.3) is 0 Å². The van der Waals surface area contributed by atoms with Crippen LogP contribution in [0.4, 0.5) is 5.95 Å². The zero-order valence-electron chi connectivity index (χ0n) is 15.3. The molecule has 1 aliphatic carbocycles. The van der Waals surface area contributed by atoms with Gasteiger partial charge in [-0.2, -0.15) is 11.8 Å². The second-order valence-electron chi connectivity index (χ2n) is 7.14. The summed E-state index contributed by atoms with van der Waals surface area (Å²) >= 11 is 2.12. The minimum absolute atomic E-state index is 0.714. The van der Waals surface area contributed by atoms with Gasteiger partial charge in [-0.05, 0) is 39.1 Å². The summed E-state index contributed by atoms with van der Waals surface area (Å²) in [5, 5.41) is 0.860. The molecule has 6 heteroatoms. The molecule has 2 atom stereocenters. The molecular weight excluding hydrogens is 318 g/mol. The number of likely N-dealkylation sites (N-methyl/N-ethyl adjacent to an activating group) is 1. The Morgan fingerprint density at radius 3 is 2.54 bits per heavy atom. The van der Waals surface area contributed by atoms with Crippen molar-refractivity contribution in [1.82, 2.24) is 19.8 Å². The number of hydrogen-bond acceptors (Lipinski definition) is 6. The molecule has 1 aliphatic heterocycles. The molecule has 0 aromatic carbocycles. The van der Waals surface area contributed by atoms with Gasteiger partial charge in [-0.3, -0.25) is 4.90 Å². The average molecular weight is 350 g/mol. The number of nitrogens with zero attached hydrogens (tertiary/aromatic N) is 5. The van der Waals surface area contributed by atoms with Crippen LogP contribution in [-0.4, -0.2) is 77.1 Å². The summed E-state index contributed by atoms with van der Waals surface area (Å²) in [5.74, 6) is 2.12. The SMILES string of the molecule is CCSC1CCC(N(C)Cc2cnc(N3CCN(C)CC3)nc2)C1. The van der Waals surface area contributed by atoms with E-state index in [4.69, 9.17) is 0 Å². The van der Waals surface area contributed by atoms with Gasteiger partial charge >= 0.3 is 0 Å². The van der Waals surface area contributed by atoms with Gasteiger partial charge in [-0.15, -0.1) is 0 Å². The number of thioether (sulfide) groups is 1. The van der Waals surface area contributed by atoms with Gasteiger partial charge in [0.2, 0.25) is 5.95 Å². The second-order valence-corrected chi connectivity index (χ2v) is 8.72. The molecule has 1 aromatic heterocycles. The standard InChI is InChI=1S/C18H31N5S/c1-4-24-17-6-5-16(11-17)22(3)14-15-12-19-18(20-13-15)23-9-7-21(2)8-10-23/h12-13,16-17H,4-11,14H2,1-3H3. The van der Waals surface area contributed by atoms with Crippen LogP contribution < -0.4 is 4.90 Å². The first-order valence-corrected chi connectivity index (χ1v) is 10.3.